The number of fused-ring (bicyclic) bond motifs is 1. The van der Waals surface area contributed by atoms with Crippen molar-refractivity contribution in [2.75, 3.05) is 21.3 Å². The van der Waals surface area contributed by atoms with Crippen LogP contribution in [0.3, 0.4) is 0 Å². The van der Waals surface area contributed by atoms with Crippen molar-refractivity contribution >= 4 is 16.8 Å². The van der Waals surface area contributed by atoms with Crippen LogP contribution in [0.2, 0.25) is 0 Å². The van der Waals surface area contributed by atoms with Gasteiger partial charge in [-0.1, -0.05) is 18.2 Å². The zero-order valence-corrected chi connectivity index (χ0v) is 16.0. The van der Waals surface area contributed by atoms with E-state index in [1.54, 1.807) is 27.4 Å². The van der Waals surface area contributed by atoms with Gasteiger partial charge in [0.25, 0.3) is 0 Å². The number of hydrogen-bond donors (Lipinski definition) is 1. The van der Waals surface area contributed by atoms with Crippen LogP contribution >= 0.6 is 0 Å². The molecule has 1 N–H and O–H groups in total. The molecule has 142 valence electrons. The van der Waals surface area contributed by atoms with E-state index in [2.05, 4.69) is 11.4 Å². The molecule has 1 amide bonds. The van der Waals surface area contributed by atoms with Crippen molar-refractivity contribution in [3.05, 3.63) is 53.7 Å². The topological polar surface area (TPSA) is 61.7 Å². The van der Waals surface area contributed by atoms with Crippen molar-refractivity contribution in [1.29, 1.82) is 0 Å². The van der Waals surface area contributed by atoms with Gasteiger partial charge in [-0.2, -0.15) is 0 Å². The second-order valence-corrected chi connectivity index (χ2v) is 6.23. The molecule has 6 heteroatoms. The number of nitrogens with one attached hydrogen (secondary N) is 1. The fourth-order valence-corrected chi connectivity index (χ4v) is 3.18. The van der Waals surface area contributed by atoms with Crippen LogP contribution in [-0.4, -0.2) is 31.8 Å². The number of aromatic nitrogens is 1. The maximum absolute atomic E-state index is 12.5. The van der Waals surface area contributed by atoms with Gasteiger partial charge in [-0.25, -0.2) is 0 Å². The largest absolute Gasteiger partial charge is 0.496 e. The fraction of sp³-hybridized carbons (Fsp3) is 0.286. The normalized spacial score (nSPS) is 10.7. The van der Waals surface area contributed by atoms with E-state index in [4.69, 9.17) is 14.2 Å². The predicted molar refractivity (Wildman–Crippen MR) is 105 cm³/mol. The summed E-state index contributed by atoms with van der Waals surface area (Å²) in [5.74, 6) is 1.74. The number of rotatable bonds is 7. The van der Waals surface area contributed by atoms with Gasteiger partial charge in [-0.05, 0) is 30.5 Å². The first-order valence-corrected chi connectivity index (χ1v) is 8.67. The lowest BCUT2D eigenvalue weighted by atomic mass is 10.1. The van der Waals surface area contributed by atoms with E-state index >= 15 is 0 Å². The molecule has 0 radical (unpaired) electrons. The maximum atomic E-state index is 12.5. The van der Waals surface area contributed by atoms with Crippen LogP contribution in [-0.2, 0) is 17.9 Å². The van der Waals surface area contributed by atoms with Crippen LogP contribution in [0.5, 0.6) is 17.2 Å². The lowest BCUT2D eigenvalue weighted by Crippen LogP contribution is -2.27. The number of amides is 1. The van der Waals surface area contributed by atoms with Crippen LogP contribution in [0.4, 0.5) is 0 Å². The summed E-state index contributed by atoms with van der Waals surface area (Å²) < 4.78 is 18.0. The third-order valence-corrected chi connectivity index (χ3v) is 4.58. The number of nitrogens with zero attached hydrogens (tertiary/aromatic N) is 1. The molecule has 0 fully saturated rings. The smallest absolute Gasteiger partial charge is 0.240 e. The molecule has 0 bridgehead atoms. The molecule has 0 aliphatic heterocycles. The predicted octanol–water partition coefficient (Wildman–Crippen LogP) is 3.29. The van der Waals surface area contributed by atoms with Crippen molar-refractivity contribution in [1.82, 2.24) is 9.88 Å². The fourth-order valence-electron chi connectivity index (χ4n) is 3.18. The third-order valence-electron chi connectivity index (χ3n) is 4.58. The summed E-state index contributed by atoms with van der Waals surface area (Å²) in [6.45, 7) is 2.60. The Morgan fingerprint density at radius 1 is 0.963 bits per heavy atom. The SMILES string of the molecule is COc1cc(OC)c(OC)cc1CNC(=O)Cn1c(C)cc2ccccc21. The van der Waals surface area contributed by atoms with Gasteiger partial charge in [-0.3, -0.25) is 4.79 Å². The van der Waals surface area contributed by atoms with Crippen LogP contribution in [0.25, 0.3) is 10.9 Å². The number of para-hydroxylation sites is 1. The second-order valence-electron chi connectivity index (χ2n) is 6.23. The zero-order valence-electron chi connectivity index (χ0n) is 16.0. The first-order chi connectivity index (χ1) is 13.1. The average Bonchev–Trinajstić information content (AvgIpc) is 3.00. The summed E-state index contributed by atoms with van der Waals surface area (Å²) in [4.78, 5) is 12.5. The number of carbonyl (C=O) groups excluding carboxylic acids is 1. The molecule has 0 aliphatic rings. The summed E-state index contributed by atoms with van der Waals surface area (Å²) in [7, 11) is 4.73. The Hall–Kier alpha value is -3.15. The minimum Gasteiger partial charge on any atom is -0.496 e. The molecule has 0 saturated carbocycles. The van der Waals surface area contributed by atoms with Crippen molar-refractivity contribution in [2.24, 2.45) is 0 Å². The van der Waals surface area contributed by atoms with Crippen LogP contribution in [0, 0.1) is 6.92 Å². The first kappa shape index (κ1) is 18.6. The second kappa shape index (κ2) is 8.03. The van der Waals surface area contributed by atoms with Gasteiger partial charge in [0.1, 0.15) is 12.3 Å². The number of hydrogen-bond acceptors (Lipinski definition) is 4. The first-order valence-electron chi connectivity index (χ1n) is 8.67. The molecular formula is C21H24N2O4. The lowest BCUT2D eigenvalue weighted by molar-refractivity contribution is -0.121. The highest BCUT2D eigenvalue weighted by Crippen LogP contribution is 2.34. The van der Waals surface area contributed by atoms with E-state index in [0.717, 1.165) is 22.2 Å². The van der Waals surface area contributed by atoms with Gasteiger partial charge in [0, 0.05) is 29.4 Å². The van der Waals surface area contributed by atoms with E-state index in [1.165, 1.54) is 0 Å². The van der Waals surface area contributed by atoms with Crippen molar-refractivity contribution in [3.8, 4) is 17.2 Å². The standard InChI is InChI=1S/C21H24N2O4/c1-14-9-15-7-5-6-8-17(15)23(14)13-21(24)22-12-16-10-19(26-3)20(27-4)11-18(16)25-2/h5-11H,12-13H2,1-4H3,(H,22,24). The van der Waals surface area contributed by atoms with E-state index in [1.807, 2.05) is 41.8 Å². The van der Waals surface area contributed by atoms with Crippen LogP contribution < -0.4 is 19.5 Å². The van der Waals surface area contributed by atoms with E-state index < -0.39 is 0 Å². The Morgan fingerprint density at radius 3 is 2.33 bits per heavy atom. The monoisotopic (exact) mass is 368 g/mol. The molecule has 1 heterocycles. The molecule has 3 rings (SSSR count). The summed E-state index contributed by atoms with van der Waals surface area (Å²) in [5, 5.41) is 4.09. The quantitative estimate of drug-likeness (QED) is 0.695. The van der Waals surface area contributed by atoms with Gasteiger partial charge in [0.15, 0.2) is 11.5 Å². The molecule has 2 aromatic carbocycles. The molecule has 0 unspecified atom stereocenters. The Labute approximate surface area is 158 Å². The Balaban J connectivity index is 1.75. The summed E-state index contributed by atoms with van der Waals surface area (Å²) in [5.41, 5.74) is 2.92. The molecule has 0 aliphatic carbocycles. The zero-order chi connectivity index (χ0) is 19.4. The highest BCUT2D eigenvalue weighted by Gasteiger charge is 2.14. The average molecular weight is 368 g/mol. The molecule has 0 spiro atoms. The van der Waals surface area contributed by atoms with Crippen molar-refractivity contribution < 1.29 is 19.0 Å². The number of methoxy groups -OCH3 is 3. The lowest BCUT2D eigenvalue weighted by Gasteiger charge is -2.15. The van der Waals surface area contributed by atoms with Gasteiger partial charge < -0.3 is 24.1 Å². The number of aryl methyl sites for hydroxylation is 1. The van der Waals surface area contributed by atoms with Gasteiger partial charge in [-0.15, -0.1) is 0 Å². The van der Waals surface area contributed by atoms with Gasteiger partial charge in [0.05, 0.1) is 21.3 Å². The molecule has 0 saturated heterocycles. The van der Waals surface area contributed by atoms with Crippen molar-refractivity contribution in [2.45, 2.75) is 20.0 Å². The van der Waals surface area contributed by atoms with E-state index in [9.17, 15) is 4.79 Å². The van der Waals surface area contributed by atoms with E-state index in [-0.39, 0.29) is 12.5 Å². The highest BCUT2D eigenvalue weighted by atomic mass is 16.5. The maximum Gasteiger partial charge on any atom is 0.240 e. The minimum absolute atomic E-state index is 0.0729. The van der Waals surface area contributed by atoms with Gasteiger partial charge in [0.2, 0.25) is 5.91 Å². The summed E-state index contributed by atoms with van der Waals surface area (Å²) in [6.07, 6.45) is 0. The molecule has 27 heavy (non-hydrogen) atoms. The molecule has 6 nitrogen and oxygen atoms in total. The van der Waals surface area contributed by atoms with Gasteiger partial charge >= 0.3 is 0 Å². The molecule has 0 atom stereocenters. The highest BCUT2D eigenvalue weighted by molar-refractivity contribution is 5.84. The molecular weight excluding hydrogens is 344 g/mol. The third kappa shape index (κ3) is 3.84. The summed E-state index contributed by atoms with van der Waals surface area (Å²) >= 11 is 0. The van der Waals surface area contributed by atoms with Crippen LogP contribution in [0.15, 0.2) is 42.5 Å². The minimum atomic E-state index is -0.0729. The molecule has 3 aromatic rings. The number of ether oxygens (including phenoxy) is 3. The Morgan fingerprint density at radius 2 is 1.63 bits per heavy atom. The summed E-state index contributed by atoms with van der Waals surface area (Å²) in [6, 6.07) is 13.7. The van der Waals surface area contributed by atoms with Crippen LogP contribution in [0.1, 0.15) is 11.3 Å². The molecule has 1 aromatic heterocycles. The van der Waals surface area contributed by atoms with Crippen molar-refractivity contribution in [3.63, 3.8) is 0 Å². The van der Waals surface area contributed by atoms with E-state index in [0.29, 0.717) is 23.8 Å². The number of benzene rings is 2. The number of carbonyl (C=O) groups is 1. The Bertz CT molecular complexity index is 962. The Kier molecular flexibility index (Phi) is 5.54.